The molecule has 0 aliphatic heterocycles. The highest BCUT2D eigenvalue weighted by Gasteiger charge is 2.13. The molecule has 0 aliphatic carbocycles. The van der Waals surface area contributed by atoms with Gasteiger partial charge in [-0.3, -0.25) is 4.79 Å². The summed E-state index contributed by atoms with van der Waals surface area (Å²) >= 11 is 0. The van der Waals surface area contributed by atoms with E-state index in [0.717, 1.165) is 0 Å². The van der Waals surface area contributed by atoms with E-state index in [1.807, 2.05) is 6.92 Å². The van der Waals surface area contributed by atoms with Crippen molar-refractivity contribution in [3.8, 4) is 17.2 Å². The van der Waals surface area contributed by atoms with Crippen molar-refractivity contribution in [3.05, 3.63) is 53.6 Å². The third-order valence-electron chi connectivity index (χ3n) is 3.90. The van der Waals surface area contributed by atoms with Crippen LogP contribution in [0.25, 0.3) is 6.08 Å². The van der Waals surface area contributed by atoms with Crippen molar-refractivity contribution in [1.82, 2.24) is 0 Å². The molecular formula is C22H25NO6. The molecule has 7 nitrogen and oxygen atoms in total. The van der Waals surface area contributed by atoms with Crippen molar-refractivity contribution < 1.29 is 28.5 Å². The van der Waals surface area contributed by atoms with Gasteiger partial charge in [0.1, 0.15) is 17.2 Å². The molecule has 2 aromatic carbocycles. The number of carbonyl (C=O) groups excluding carboxylic acids is 2. The number of esters is 1. The predicted octanol–water partition coefficient (Wildman–Crippen LogP) is 3.93. The maximum absolute atomic E-state index is 12.4. The van der Waals surface area contributed by atoms with Gasteiger partial charge >= 0.3 is 5.97 Å². The second-order valence-electron chi connectivity index (χ2n) is 5.79. The highest BCUT2D eigenvalue weighted by atomic mass is 16.5. The molecule has 2 rings (SSSR count). The Kier molecular flexibility index (Phi) is 8.09. The zero-order chi connectivity index (χ0) is 21.2. The van der Waals surface area contributed by atoms with Crippen LogP contribution in [0.5, 0.6) is 17.2 Å². The number of rotatable bonds is 9. The molecule has 1 amide bonds. The second-order valence-corrected chi connectivity index (χ2v) is 5.79. The molecule has 29 heavy (non-hydrogen) atoms. The first-order valence-electron chi connectivity index (χ1n) is 9.17. The minimum absolute atomic E-state index is 0.278. The second kappa shape index (κ2) is 10.8. The average molecular weight is 399 g/mol. The van der Waals surface area contributed by atoms with Crippen molar-refractivity contribution in [2.24, 2.45) is 0 Å². The Labute approximate surface area is 170 Å². The zero-order valence-electron chi connectivity index (χ0n) is 17.0. The molecule has 154 valence electrons. The number of hydrogen-bond donors (Lipinski definition) is 1. The molecule has 0 aliphatic rings. The van der Waals surface area contributed by atoms with Crippen LogP contribution in [0.2, 0.25) is 0 Å². The largest absolute Gasteiger partial charge is 0.497 e. The van der Waals surface area contributed by atoms with Crippen molar-refractivity contribution in [3.63, 3.8) is 0 Å². The Hall–Kier alpha value is -3.48. The van der Waals surface area contributed by atoms with Crippen LogP contribution in [-0.2, 0) is 9.53 Å². The third-order valence-corrected chi connectivity index (χ3v) is 3.90. The Morgan fingerprint density at radius 3 is 2.41 bits per heavy atom. The summed E-state index contributed by atoms with van der Waals surface area (Å²) in [5.74, 6) is 0.845. The van der Waals surface area contributed by atoms with E-state index in [0.29, 0.717) is 40.7 Å². The topological polar surface area (TPSA) is 83.1 Å². The SMILES string of the molecule is CCOC(=O)c1ccc(NC(=O)/C=C/c2cc(OC)ccc2OC)c(OCC)c1. The number of benzene rings is 2. The highest BCUT2D eigenvalue weighted by Crippen LogP contribution is 2.27. The van der Waals surface area contributed by atoms with Crippen LogP contribution in [0, 0.1) is 0 Å². The third kappa shape index (κ3) is 6.00. The van der Waals surface area contributed by atoms with Crippen LogP contribution in [-0.4, -0.2) is 39.3 Å². The maximum Gasteiger partial charge on any atom is 0.338 e. The lowest BCUT2D eigenvalue weighted by atomic mass is 10.1. The van der Waals surface area contributed by atoms with Gasteiger partial charge in [-0.15, -0.1) is 0 Å². The molecule has 1 N–H and O–H groups in total. The lowest BCUT2D eigenvalue weighted by Crippen LogP contribution is -2.11. The summed E-state index contributed by atoms with van der Waals surface area (Å²) in [6, 6.07) is 10.0. The first kappa shape index (κ1) is 21.8. The van der Waals surface area contributed by atoms with Crippen LogP contribution in [0.3, 0.4) is 0 Å². The number of hydrogen-bond acceptors (Lipinski definition) is 6. The Morgan fingerprint density at radius 1 is 0.966 bits per heavy atom. The van der Waals surface area contributed by atoms with E-state index in [4.69, 9.17) is 18.9 Å². The molecule has 0 heterocycles. The van der Waals surface area contributed by atoms with Crippen molar-refractivity contribution in [2.45, 2.75) is 13.8 Å². The summed E-state index contributed by atoms with van der Waals surface area (Å²) in [4.78, 5) is 24.3. The first-order chi connectivity index (χ1) is 14.0. The van der Waals surface area contributed by atoms with E-state index in [1.54, 1.807) is 63.6 Å². The smallest absolute Gasteiger partial charge is 0.338 e. The molecule has 0 atom stereocenters. The summed E-state index contributed by atoms with van der Waals surface area (Å²) in [5, 5.41) is 2.75. The molecule has 0 saturated carbocycles. The minimum Gasteiger partial charge on any atom is -0.497 e. The van der Waals surface area contributed by atoms with E-state index in [9.17, 15) is 9.59 Å². The van der Waals surface area contributed by atoms with Gasteiger partial charge in [-0.25, -0.2) is 4.79 Å². The number of anilines is 1. The average Bonchev–Trinajstić information content (AvgIpc) is 2.73. The molecule has 2 aromatic rings. The molecular weight excluding hydrogens is 374 g/mol. The van der Waals surface area contributed by atoms with E-state index >= 15 is 0 Å². The standard InChI is InChI=1S/C22H25NO6/c1-5-28-20-14-16(22(25)29-6-2)7-10-18(20)23-21(24)12-8-15-13-17(26-3)9-11-19(15)27-4/h7-14H,5-6H2,1-4H3,(H,23,24)/b12-8+. The fraction of sp³-hybridized carbons (Fsp3) is 0.273. The van der Waals surface area contributed by atoms with Gasteiger partial charge in [0.15, 0.2) is 0 Å². The van der Waals surface area contributed by atoms with Gasteiger partial charge in [0, 0.05) is 11.6 Å². The fourth-order valence-corrected chi connectivity index (χ4v) is 2.55. The number of ether oxygens (including phenoxy) is 4. The van der Waals surface area contributed by atoms with Gasteiger partial charge < -0.3 is 24.3 Å². The molecule has 0 unspecified atom stereocenters. The van der Waals surface area contributed by atoms with Gasteiger partial charge in [-0.2, -0.15) is 0 Å². The maximum atomic E-state index is 12.4. The van der Waals surface area contributed by atoms with Gasteiger partial charge in [-0.1, -0.05) is 0 Å². The molecule has 0 saturated heterocycles. The number of amides is 1. The van der Waals surface area contributed by atoms with E-state index < -0.39 is 5.97 Å². The molecule has 0 spiro atoms. The number of nitrogens with one attached hydrogen (secondary N) is 1. The summed E-state index contributed by atoms with van der Waals surface area (Å²) in [6.07, 6.45) is 3.01. The molecule has 7 heteroatoms. The summed E-state index contributed by atoms with van der Waals surface area (Å²) < 4.78 is 21.1. The molecule has 0 radical (unpaired) electrons. The molecule has 0 aromatic heterocycles. The Morgan fingerprint density at radius 2 is 1.76 bits per heavy atom. The van der Waals surface area contributed by atoms with Crippen molar-refractivity contribution >= 4 is 23.6 Å². The van der Waals surface area contributed by atoms with Crippen LogP contribution in [0.15, 0.2) is 42.5 Å². The van der Waals surface area contributed by atoms with Crippen LogP contribution < -0.4 is 19.5 Å². The Bertz CT molecular complexity index is 891. The predicted molar refractivity (Wildman–Crippen MR) is 111 cm³/mol. The Balaban J connectivity index is 2.19. The first-order valence-corrected chi connectivity index (χ1v) is 9.17. The number of methoxy groups -OCH3 is 2. The monoisotopic (exact) mass is 399 g/mol. The molecule has 0 bridgehead atoms. The van der Waals surface area contributed by atoms with Crippen LogP contribution in [0.4, 0.5) is 5.69 Å². The lowest BCUT2D eigenvalue weighted by Gasteiger charge is -2.12. The summed E-state index contributed by atoms with van der Waals surface area (Å²) in [7, 11) is 3.12. The van der Waals surface area contributed by atoms with Gasteiger partial charge in [-0.05, 0) is 56.3 Å². The fourth-order valence-electron chi connectivity index (χ4n) is 2.55. The normalized spacial score (nSPS) is 10.5. The summed E-state index contributed by atoms with van der Waals surface area (Å²) in [6.45, 7) is 4.21. The van der Waals surface area contributed by atoms with Crippen LogP contribution >= 0.6 is 0 Å². The zero-order valence-corrected chi connectivity index (χ0v) is 17.0. The summed E-state index contributed by atoms with van der Waals surface area (Å²) in [5.41, 5.74) is 1.50. The van der Waals surface area contributed by atoms with Gasteiger partial charge in [0.2, 0.25) is 5.91 Å². The van der Waals surface area contributed by atoms with Crippen molar-refractivity contribution in [2.75, 3.05) is 32.8 Å². The van der Waals surface area contributed by atoms with E-state index in [2.05, 4.69) is 5.32 Å². The van der Waals surface area contributed by atoms with E-state index in [1.165, 1.54) is 6.08 Å². The quantitative estimate of drug-likeness (QED) is 0.508. The lowest BCUT2D eigenvalue weighted by molar-refractivity contribution is -0.111. The van der Waals surface area contributed by atoms with Gasteiger partial charge in [0.05, 0.1) is 38.7 Å². The van der Waals surface area contributed by atoms with Crippen molar-refractivity contribution in [1.29, 1.82) is 0 Å². The number of carbonyl (C=O) groups is 2. The van der Waals surface area contributed by atoms with Gasteiger partial charge in [0.25, 0.3) is 0 Å². The van der Waals surface area contributed by atoms with Crippen LogP contribution in [0.1, 0.15) is 29.8 Å². The molecule has 0 fully saturated rings. The highest BCUT2D eigenvalue weighted by molar-refractivity contribution is 6.03. The van der Waals surface area contributed by atoms with E-state index in [-0.39, 0.29) is 12.5 Å². The minimum atomic E-state index is -0.448.